The number of hydrogen-bond donors (Lipinski definition) is 2. The van der Waals surface area contributed by atoms with Gasteiger partial charge in [0.15, 0.2) is 0 Å². The number of benzene rings is 1. The molecule has 0 radical (unpaired) electrons. The highest BCUT2D eigenvalue weighted by molar-refractivity contribution is 7.89. The maximum Gasteiger partial charge on any atom is 0.242 e. The molecule has 0 heterocycles. The van der Waals surface area contributed by atoms with E-state index in [-0.39, 0.29) is 17.3 Å². The Hall–Kier alpha value is -1.48. The van der Waals surface area contributed by atoms with Crippen LogP contribution in [0.3, 0.4) is 0 Å². The molecule has 0 fully saturated rings. The lowest BCUT2D eigenvalue weighted by Crippen LogP contribution is -2.30. The van der Waals surface area contributed by atoms with E-state index in [9.17, 15) is 13.2 Å². The van der Waals surface area contributed by atoms with Gasteiger partial charge in [-0.15, -0.1) is 0 Å². The zero-order chi connectivity index (χ0) is 15.9. The number of anilines is 1. The molecule has 0 atom stereocenters. The summed E-state index contributed by atoms with van der Waals surface area (Å²) in [6, 6.07) is 6.15. The Bertz CT molecular complexity index is 573. The number of ether oxygens (including phenoxy) is 1. The number of rotatable bonds is 8. The van der Waals surface area contributed by atoms with Crippen molar-refractivity contribution in [3.63, 3.8) is 0 Å². The van der Waals surface area contributed by atoms with Gasteiger partial charge < -0.3 is 15.4 Å². The standard InChI is InChI=1S/C13H21N3O4S/c1-16(2)21(18,19)12-6-4-5-11(9-12)15-13(17)10-14-7-8-20-3/h4-6,9,14H,7-8,10H2,1-3H3,(H,15,17). The van der Waals surface area contributed by atoms with Crippen LogP contribution in [0, 0.1) is 0 Å². The minimum absolute atomic E-state index is 0.133. The van der Waals surface area contributed by atoms with E-state index in [1.165, 1.54) is 26.2 Å². The lowest BCUT2D eigenvalue weighted by molar-refractivity contribution is -0.115. The molecule has 0 aliphatic carbocycles. The number of amides is 1. The predicted molar refractivity (Wildman–Crippen MR) is 80.7 cm³/mol. The van der Waals surface area contributed by atoms with Crippen LogP contribution in [-0.2, 0) is 19.6 Å². The van der Waals surface area contributed by atoms with E-state index >= 15 is 0 Å². The van der Waals surface area contributed by atoms with Crippen LogP contribution in [0.2, 0.25) is 0 Å². The first-order valence-electron chi connectivity index (χ1n) is 6.40. The van der Waals surface area contributed by atoms with Gasteiger partial charge in [0.2, 0.25) is 15.9 Å². The van der Waals surface area contributed by atoms with Crippen LogP contribution in [0.25, 0.3) is 0 Å². The van der Waals surface area contributed by atoms with Crippen LogP contribution in [0.5, 0.6) is 0 Å². The smallest absolute Gasteiger partial charge is 0.242 e. The Kier molecular flexibility index (Phi) is 6.76. The first-order valence-corrected chi connectivity index (χ1v) is 7.84. The summed E-state index contributed by atoms with van der Waals surface area (Å²) in [5.41, 5.74) is 0.441. The molecule has 0 spiro atoms. The summed E-state index contributed by atoms with van der Waals surface area (Å²) in [6.07, 6.45) is 0. The number of hydrogen-bond acceptors (Lipinski definition) is 5. The maximum atomic E-state index is 12.0. The molecule has 0 aliphatic heterocycles. The summed E-state index contributed by atoms with van der Waals surface area (Å²) in [5, 5.41) is 5.55. The van der Waals surface area contributed by atoms with E-state index < -0.39 is 10.0 Å². The van der Waals surface area contributed by atoms with E-state index in [0.717, 1.165) is 4.31 Å². The van der Waals surface area contributed by atoms with Crippen molar-refractivity contribution in [1.82, 2.24) is 9.62 Å². The molecule has 1 rings (SSSR count). The summed E-state index contributed by atoms with van der Waals surface area (Å²) in [7, 11) is 0.989. The van der Waals surface area contributed by atoms with Gasteiger partial charge in [0.1, 0.15) is 0 Å². The SMILES string of the molecule is COCCNCC(=O)Nc1cccc(S(=O)(=O)N(C)C)c1. The van der Waals surface area contributed by atoms with Gasteiger partial charge in [0, 0.05) is 33.4 Å². The van der Waals surface area contributed by atoms with Gasteiger partial charge in [-0.1, -0.05) is 6.07 Å². The minimum atomic E-state index is -3.51. The molecule has 7 nitrogen and oxygen atoms in total. The zero-order valence-corrected chi connectivity index (χ0v) is 13.2. The van der Waals surface area contributed by atoms with Crippen molar-refractivity contribution in [2.45, 2.75) is 4.90 Å². The van der Waals surface area contributed by atoms with Gasteiger partial charge in [-0.2, -0.15) is 0 Å². The highest BCUT2D eigenvalue weighted by Crippen LogP contribution is 2.17. The molecular formula is C13H21N3O4S. The first kappa shape index (κ1) is 17.6. The molecule has 2 N–H and O–H groups in total. The van der Waals surface area contributed by atoms with E-state index in [1.807, 2.05) is 0 Å². The largest absolute Gasteiger partial charge is 0.383 e. The number of nitrogens with zero attached hydrogens (tertiary/aromatic N) is 1. The van der Waals surface area contributed by atoms with Gasteiger partial charge in [-0.25, -0.2) is 12.7 Å². The molecule has 0 unspecified atom stereocenters. The Balaban J connectivity index is 2.67. The summed E-state index contributed by atoms with van der Waals surface area (Å²) in [6.45, 7) is 1.22. The second-order valence-corrected chi connectivity index (χ2v) is 6.68. The average molecular weight is 315 g/mol. The van der Waals surface area contributed by atoms with Crippen molar-refractivity contribution in [2.24, 2.45) is 0 Å². The second-order valence-electron chi connectivity index (χ2n) is 4.53. The molecule has 1 aromatic rings. The third kappa shape index (κ3) is 5.43. The number of sulfonamides is 1. The normalized spacial score (nSPS) is 11.6. The lowest BCUT2D eigenvalue weighted by atomic mass is 10.3. The van der Waals surface area contributed by atoms with Gasteiger partial charge >= 0.3 is 0 Å². The van der Waals surface area contributed by atoms with Crippen molar-refractivity contribution in [1.29, 1.82) is 0 Å². The van der Waals surface area contributed by atoms with E-state index in [0.29, 0.717) is 18.8 Å². The molecule has 0 aliphatic rings. The number of nitrogens with one attached hydrogen (secondary N) is 2. The van der Waals surface area contributed by atoms with Gasteiger partial charge in [0.05, 0.1) is 18.0 Å². The summed E-state index contributed by atoms with van der Waals surface area (Å²) in [5.74, 6) is -0.245. The molecule has 0 bridgehead atoms. The molecule has 0 saturated heterocycles. The molecule has 118 valence electrons. The summed E-state index contributed by atoms with van der Waals surface area (Å²) < 4.78 is 30.0. The zero-order valence-electron chi connectivity index (χ0n) is 12.4. The minimum Gasteiger partial charge on any atom is -0.383 e. The third-order valence-corrected chi connectivity index (χ3v) is 4.48. The molecule has 1 aromatic carbocycles. The van der Waals surface area contributed by atoms with E-state index in [2.05, 4.69) is 10.6 Å². The van der Waals surface area contributed by atoms with Crippen LogP contribution >= 0.6 is 0 Å². The van der Waals surface area contributed by atoms with Gasteiger partial charge in [-0.05, 0) is 18.2 Å². The van der Waals surface area contributed by atoms with Gasteiger partial charge in [-0.3, -0.25) is 4.79 Å². The monoisotopic (exact) mass is 315 g/mol. The highest BCUT2D eigenvalue weighted by Gasteiger charge is 2.17. The van der Waals surface area contributed by atoms with Crippen LogP contribution < -0.4 is 10.6 Å². The fourth-order valence-electron chi connectivity index (χ4n) is 1.53. The van der Waals surface area contributed by atoms with Crippen LogP contribution in [0.4, 0.5) is 5.69 Å². The number of carbonyl (C=O) groups excluding carboxylic acids is 1. The number of carbonyl (C=O) groups is 1. The van der Waals surface area contributed by atoms with Gasteiger partial charge in [0.25, 0.3) is 0 Å². The summed E-state index contributed by atoms with van der Waals surface area (Å²) in [4.78, 5) is 11.8. The quantitative estimate of drug-likeness (QED) is 0.665. The molecule has 21 heavy (non-hydrogen) atoms. The molecular weight excluding hydrogens is 294 g/mol. The van der Waals surface area contributed by atoms with Crippen LogP contribution in [0.1, 0.15) is 0 Å². The fourth-order valence-corrected chi connectivity index (χ4v) is 2.47. The Morgan fingerprint density at radius 2 is 2.05 bits per heavy atom. The Morgan fingerprint density at radius 1 is 1.33 bits per heavy atom. The Morgan fingerprint density at radius 3 is 2.67 bits per heavy atom. The van der Waals surface area contributed by atoms with Crippen molar-refractivity contribution < 1.29 is 17.9 Å². The van der Waals surface area contributed by atoms with Crippen LogP contribution in [-0.4, -0.2) is 59.5 Å². The predicted octanol–water partition coefficient (Wildman–Crippen LogP) is 0.111. The topological polar surface area (TPSA) is 87.7 Å². The third-order valence-electron chi connectivity index (χ3n) is 2.66. The van der Waals surface area contributed by atoms with Crippen LogP contribution in [0.15, 0.2) is 29.2 Å². The molecule has 0 saturated carbocycles. The summed E-state index contributed by atoms with van der Waals surface area (Å²) >= 11 is 0. The first-order chi connectivity index (χ1) is 9.87. The van der Waals surface area contributed by atoms with Crippen molar-refractivity contribution in [3.8, 4) is 0 Å². The lowest BCUT2D eigenvalue weighted by Gasteiger charge is -2.12. The average Bonchev–Trinajstić information content (AvgIpc) is 2.43. The van der Waals surface area contributed by atoms with Crippen molar-refractivity contribution >= 4 is 21.6 Å². The van der Waals surface area contributed by atoms with E-state index in [4.69, 9.17) is 4.74 Å². The Labute approximate surface area is 125 Å². The fraction of sp³-hybridized carbons (Fsp3) is 0.462. The maximum absolute atomic E-state index is 12.0. The molecule has 8 heteroatoms. The molecule has 0 aromatic heterocycles. The number of methoxy groups -OCH3 is 1. The van der Waals surface area contributed by atoms with E-state index in [1.54, 1.807) is 19.2 Å². The van der Waals surface area contributed by atoms with Crippen molar-refractivity contribution in [3.05, 3.63) is 24.3 Å². The molecule has 1 amide bonds. The second kappa shape index (κ2) is 8.08. The highest BCUT2D eigenvalue weighted by atomic mass is 32.2. The van der Waals surface area contributed by atoms with Crippen molar-refractivity contribution in [2.75, 3.05) is 46.2 Å².